The molecule has 1 rings (SSSR count). The Balaban J connectivity index is 2.76. The highest BCUT2D eigenvalue weighted by Crippen LogP contribution is 2.16. The van der Waals surface area contributed by atoms with E-state index in [4.69, 9.17) is 11.1 Å². The molecule has 0 heterocycles. The smallest absolute Gasteiger partial charge is 0.0979 e. The summed E-state index contributed by atoms with van der Waals surface area (Å²) in [5.41, 5.74) is 7.94. The highest BCUT2D eigenvalue weighted by Gasteiger charge is 2.07. The van der Waals surface area contributed by atoms with E-state index in [0.717, 1.165) is 12.0 Å². The van der Waals surface area contributed by atoms with Crippen molar-refractivity contribution < 1.29 is 0 Å². The highest BCUT2D eigenvalue weighted by molar-refractivity contribution is 5.84. The Kier molecular flexibility index (Phi) is 3.89. The van der Waals surface area contributed by atoms with Gasteiger partial charge in [-0.05, 0) is 23.5 Å². The summed E-state index contributed by atoms with van der Waals surface area (Å²) < 4.78 is 0. The molecule has 0 fully saturated rings. The van der Waals surface area contributed by atoms with Crippen LogP contribution >= 0.6 is 0 Å². The molecule has 0 amide bonds. The predicted molar refractivity (Wildman–Crippen MR) is 65.3 cm³/mol. The van der Waals surface area contributed by atoms with Crippen LogP contribution in [-0.4, -0.2) is 5.84 Å². The molecule has 1 aromatic rings. The highest BCUT2D eigenvalue weighted by atomic mass is 14.7. The van der Waals surface area contributed by atoms with Crippen LogP contribution in [0.5, 0.6) is 0 Å². The topological polar surface area (TPSA) is 49.9 Å². The molecule has 0 aliphatic heterocycles. The molecule has 15 heavy (non-hydrogen) atoms. The van der Waals surface area contributed by atoms with Crippen LogP contribution in [0.4, 0.5) is 0 Å². The van der Waals surface area contributed by atoms with E-state index in [0.29, 0.717) is 5.92 Å². The number of hydrogen-bond donors (Lipinski definition) is 2. The van der Waals surface area contributed by atoms with Gasteiger partial charge in [-0.15, -0.1) is 0 Å². The van der Waals surface area contributed by atoms with Crippen LogP contribution < -0.4 is 5.73 Å². The van der Waals surface area contributed by atoms with Crippen molar-refractivity contribution in [1.82, 2.24) is 0 Å². The zero-order valence-corrected chi connectivity index (χ0v) is 9.75. The Morgan fingerprint density at radius 1 is 1.20 bits per heavy atom. The van der Waals surface area contributed by atoms with Gasteiger partial charge in [0.2, 0.25) is 0 Å². The molecule has 0 saturated heterocycles. The van der Waals surface area contributed by atoms with Crippen LogP contribution in [0, 0.1) is 11.3 Å². The maximum atomic E-state index is 7.38. The summed E-state index contributed by atoms with van der Waals surface area (Å²) in [4.78, 5) is 0. The number of hydrogen-bond acceptors (Lipinski definition) is 1. The molecule has 0 radical (unpaired) electrons. The molecule has 0 aliphatic rings. The normalized spacial score (nSPS) is 12.8. The fourth-order valence-electron chi connectivity index (χ4n) is 1.59. The van der Waals surface area contributed by atoms with Crippen molar-refractivity contribution in [1.29, 1.82) is 5.41 Å². The van der Waals surface area contributed by atoms with E-state index in [9.17, 15) is 0 Å². The first kappa shape index (κ1) is 11.8. The van der Waals surface area contributed by atoms with Gasteiger partial charge in [0.05, 0.1) is 5.84 Å². The molecule has 1 unspecified atom stereocenters. The molecule has 1 atom stereocenters. The molecular weight excluding hydrogens is 184 g/mol. The molecular formula is C13H20N2. The van der Waals surface area contributed by atoms with Crippen molar-refractivity contribution >= 4 is 5.84 Å². The van der Waals surface area contributed by atoms with Crippen LogP contribution in [0.1, 0.15) is 37.8 Å². The lowest BCUT2D eigenvalue weighted by Crippen LogP contribution is -2.17. The third-order valence-corrected chi connectivity index (χ3v) is 2.59. The Morgan fingerprint density at radius 3 is 2.13 bits per heavy atom. The van der Waals surface area contributed by atoms with Crippen LogP contribution in [-0.2, 0) is 6.42 Å². The minimum atomic E-state index is 0.0260. The van der Waals surface area contributed by atoms with Crippen molar-refractivity contribution in [2.45, 2.75) is 33.1 Å². The van der Waals surface area contributed by atoms with Crippen molar-refractivity contribution in [3.8, 4) is 0 Å². The maximum absolute atomic E-state index is 7.38. The van der Waals surface area contributed by atoms with Gasteiger partial charge in [0.25, 0.3) is 0 Å². The lowest BCUT2D eigenvalue weighted by molar-refractivity contribution is 0.647. The van der Waals surface area contributed by atoms with Gasteiger partial charge in [0, 0.05) is 5.92 Å². The van der Waals surface area contributed by atoms with Gasteiger partial charge < -0.3 is 5.73 Å². The van der Waals surface area contributed by atoms with Gasteiger partial charge in [-0.3, -0.25) is 5.41 Å². The molecule has 0 saturated carbocycles. The number of benzene rings is 1. The van der Waals surface area contributed by atoms with E-state index in [2.05, 4.69) is 38.1 Å². The summed E-state index contributed by atoms with van der Waals surface area (Å²) >= 11 is 0. The van der Waals surface area contributed by atoms with Crippen LogP contribution in [0.25, 0.3) is 0 Å². The Morgan fingerprint density at radius 2 is 1.73 bits per heavy atom. The monoisotopic (exact) mass is 204 g/mol. The zero-order valence-electron chi connectivity index (χ0n) is 9.75. The van der Waals surface area contributed by atoms with Crippen molar-refractivity contribution in [2.75, 3.05) is 0 Å². The van der Waals surface area contributed by atoms with Crippen LogP contribution in [0.2, 0.25) is 0 Å². The minimum absolute atomic E-state index is 0.0260. The summed E-state index contributed by atoms with van der Waals surface area (Å²) in [7, 11) is 0. The molecule has 2 heteroatoms. The second kappa shape index (κ2) is 4.96. The second-order valence-electron chi connectivity index (χ2n) is 4.52. The lowest BCUT2D eigenvalue weighted by Gasteiger charge is -2.11. The van der Waals surface area contributed by atoms with E-state index < -0.39 is 0 Å². The van der Waals surface area contributed by atoms with Gasteiger partial charge >= 0.3 is 0 Å². The third-order valence-electron chi connectivity index (χ3n) is 2.59. The van der Waals surface area contributed by atoms with Gasteiger partial charge in [-0.1, -0.05) is 45.0 Å². The van der Waals surface area contributed by atoms with E-state index in [1.165, 1.54) is 5.56 Å². The molecule has 0 bridgehead atoms. The summed E-state index contributed by atoms with van der Waals surface area (Å²) in [6.45, 7) is 6.39. The molecule has 0 aliphatic carbocycles. The Hall–Kier alpha value is -1.31. The van der Waals surface area contributed by atoms with Crippen LogP contribution in [0.15, 0.2) is 24.3 Å². The third kappa shape index (κ3) is 3.39. The lowest BCUT2D eigenvalue weighted by atomic mass is 9.96. The summed E-state index contributed by atoms with van der Waals surface area (Å²) in [6, 6.07) is 8.41. The second-order valence-corrected chi connectivity index (χ2v) is 4.52. The summed E-state index contributed by atoms with van der Waals surface area (Å²) in [5.74, 6) is 0.936. The van der Waals surface area contributed by atoms with Gasteiger partial charge in [0.15, 0.2) is 0 Å². The minimum Gasteiger partial charge on any atom is -0.387 e. The van der Waals surface area contributed by atoms with Gasteiger partial charge in [0.1, 0.15) is 0 Å². The number of nitrogens with one attached hydrogen (secondary N) is 1. The van der Waals surface area contributed by atoms with Crippen molar-refractivity contribution in [3.05, 3.63) is 35.4 Å². The predicted octanol–water partition coefficient (Wildman–Crippen LogP) is 2.92. The number of amidine groups is 1. The first-order chi connectivity index (χ1) is 7.00. The summed E-state index contributed by atoms with van der Waals surface area (Å²) in [5, 5.41) is 7.38. The first-order valence-corrected chi connectivity index (χ1v) is 5.43. The van der Waals surface area contributed by atoms with E-state index in [-0.39, 0.29) is 11.8 Å². The maximum Gasteiger partial charge on any atom is 0.0979 e. The van der Waals surface area contributed by atoms with Crippen LogP contribution in [0.3, 0.4) is 0 Å². The standard InChI is InChI=1S/C13H20N2/c1-9(2)8-11-4-6-12(7-5-11)10(3)13(14)15/h4-7,9-10H,8H2,1-3H3,(H3,14,15). The largest absolute Gasteiger partial charge is 0.387 e. The zero-order chi connectivity index (χ0) is 11.4. The fourth-order valence-corrected chi connectivity index (χ4v) is 1.59. The molecule has 82 valence electrons. The van der Waals surface area contributed by atoms with Crippen molar-refractivity contribution in [3.63, 3.8) is 0 Å². The Labute approximate surface area is 92.0 Å². The van der Waals surface area contributed by atoms with Gasteiger partial charge in [-0.2, -0.15) is 0 Å². The fraction of sp³-hybridized carbons (Fsp3) is 0.462. The average Bonchev–Trinajstić information content (AvgIpc) is 2.17. The molecule has 2 nitrogen and oxygen atoms in total. The number of nitrogens with two attached hydrogens (primary N) is 1. The molecule has 3 N–H and O–H groups in total. The SMILES string of the molecule is CC(C)Cc1ccc(C(C)C(=N)N)cc1. The number of rotatable bonds is 4. The van der Waals surface area contributed by atoms with Crippen molar-refractivity contribution in [2.24, 2.45) is 11.7 Å². The molecule has 1 aromatic carbocycles. The Bertz CT molecular complexity index is 325. The first-order valence-electron chi connectivity index (χ1n) is 5.43. The average molecular weight is 204 g/mol. The van der Waals surface area contributed by atoms with E-state index >= 15 is 0 Å². The molecule has 0 aromatic heterocycles. The van der Waals surface area contributed by atoms with E-state index in [1.54, 1.807) is 0 Å². The quantitative estimate of drug-likeness (QED) is 0.575. The van der Waals surface area contributed by atoms with E-state index in [1.807, 2.05) is 6.92 Å². The molecule has 0 spiro atoms. The van der Waals surface area contributed by atoms with Gasteiger partial charge in [-0.25, -0.2) is 0 Å². The summed E-state index contributed by atoms with van der Waals surface area (Å²) in [6.07, 6.45) is 1.11.